The van der Waals surface area contributed by atoms with Crippen LogP contribution in [0.3, 0.4) is 0 Å². The van der Waals surface area contributed by atoms with Gasteiger partial charge in [-0.1, -0.05) is 63.2 Å². The van der Waals surface area contributed by atoms with Crippen LogP contribution < -0.4 is 4.90 Å². The molecule has 1 aliphatic rings. The van der Waals surface area contributed by atoms with Crippen LogP contribution in [0.25, 0.3) is 0 Å². The molecule has 1 aliphatic heterocycles. The van der Waals surface area contributed by atoms with Gasteiger partial charge in [-0.05, 0) is 42.0 Å². The lowest BCUT2D eigenvalue weighted by atomic mass is 9.86. The Kier molecular flexibility index (Phi) is 4.96. The lowest BCUT2D eigenvalue weighted by molar-refractivity contribution is 0.0710. The van der Waals surface area contributed by atoms with Gasteiger partial charge in [0.05, 0.1) is 19.3 Å². The average molecular weight is 323 g/mol. The quantitative estimate of drug-likeness (QED) is 0.803. The Labute approximate surface area is 146 Å². The monoisotopic (exact) mass is 323 g/mol. The Balaban J connectivity index is 1.79. The second kappa shape index (κ2) is 6.98. The predicted molar refractivity (Wildman–Crippen MR) is 102 cm³/mol. The van der Waals surface area contributed by atoms with Crippen molar-refractivity contribution >= 4 is 5.69 Å². The van der Waals surface area contributed by atoms with Gasteiger partial charge in [-0.2, -0.15) is 0 Å². The maximum atomic E-state index is 5.85. The summed E-state index contributed by atoms with van der Waals surface area (Å²) in [4.78, 5) is 2.53. The summed E-state index contributed by atoms with van der Waals surface area (Å²) in [5.41, 5.74) is 4.27. The SMILES string of the molecule is C[C@H]1COC[C@@H](Cc2ccc(C(C)(C)C)cc2)N1c1ccccc1. The maximum Gasteiger partial charge on any atom is 0.0674 e. The van der Waals surface area contributed by atoms with E-state index < -0.39 is 0 Å². The fraction of sp³-hybridized carbons (Fsp3) is 0.455. The van der Waals surface area contributed by atoms with Crippen molar-refractivity contribution in [3.63, 3.8) is 0 Å². The summed E-state index contributed by atoms with van der Waals surface area (Å²) in [6.45, 7) is 10.6. The molecular formula is C22H29NO. The minimum absolute atomic E-state index is 0.205. The third-order valence-corrected chi connectivity index (χ3v) is 4.88. The van der Waals surface area contributed by atoms with Gasteiger partial charge in [0.15, 0.2) is 0 Å². The summed E-state index contributed by atoms with van der Waals surface area (Å²) in [6, 6.07) is 20.6. The van der Waals surface area contributed by atoms with Gasteiger partial charge in [0, 0.05) is 11.7 Å². The van der Waals surface area contributed by atoms with Gasteiger partial charge >= 0.3 is 0 Å². The summed E-state index contributed by atoms with van der Waals surface area (Å²) in [7, 11) is 0. The highest BCUT2D eigenvalue weighted by atomic mass is 16.5. The first-order valence-electron chi connectivity index (χ1n) is 8.96. The Bertz CT molecular complexity index is 642. The summed E-state index contributed by atoms with van der Waals surface area (Å²) in [5, 5.41) is 0. The van der Waals surface area contributed by atoms with E-state index in [0.717, 1.165) is 19.6 Å². The zero-order valence-corrected chi connectivity index (χ0v) is 15.3. The van der Waals surface area contributed by atoms with Crippen molar-refractivity contribution in [2.75, 3.05) is 18.1 Å². The molecule has 24 heavy (non-hydrogen) atoms. The number of benzene rings is 2. The first-order valence-corrected chi connectivity index (χ1v) is 8.96. The van der Waals surface area contributed by atoms with E-state index in [0.29, 0.717) is 12.1 Å². The molecule has 0 aromatic heterocycles. The van der Waals surface area contributed by atoms with Crippen molar-refractivity contribution in [2.24, 2.45) is 0 Å². The highest BCUT2D eigenvalue weighted by molar-refractivity contribution is 5.49. The fourth-order valence-electron chi connectivity index (χ4n) is 3.53. The lowest BCUT2D eigenvalue weighted by Crippen LogP contribution is -2.52. The third kappa shape index (κ3) is 3.81. The van der Waals surface area contributed by atoms with Gasteiger partial charge in [-0.25, -0.2) is 0 Å². The van der Waals surface area contributed by atoms with Crippen molar-refractivity contribution in [3.05, 3.63) is 65.7 Å². The Morgan fingerprint density at radius 3 is 2.25 bits per heavy atom. The Hall–Kier alpha value is -1.80. The van der Waals surface area contributed by atoms with Crippen LogP contribution >= 0.6 is 0 Å². The zero-order valence-electron chi connectivity index (χ0n) is 15.3. The minimum Gasteiger partial charge on any atom is -0.377 e. The number of para-hydroxylation sites is 1. The van der Waals surface area contributed by atoms with Gasteiger partial charge in [0.25, 0.3) is 0 Å². The number of morpholine rings is 1. The first-order chi connectivity index (χ1) is 11.4. The summed E-state index contributed by atoms with van der Waals surface area (Å²) in [5.74, 6) is 0. The number of rotatable bonds is 3. The van der Waals surface area contributed by atoms with Crippen molar-refractivity contribution in [2.45, 2.75) is 51.6 Å². The number of nitrogens with zero attached hydrogens (tertiary/aromatic N) is 1. The molecule has 2 heteroatoms. The molecule has 0 radical (unpaired) electrons. The van der Waals surface area contributed by atoms with E-state index in [-0.39, 0.29) is 5.41 Å². The number of ether oxygens (including phenoxy) is 1. The van der Waals surface area contributed by atoms with E-state index in [4.69, 9.17) is 4.74 Å². The summed E-state index contributed by atoms with van der Waals surface area (Å²) in [6.07, 6.45) is 1.02. The fourth-order valence-corrected chi connectivity index (χ4v) is 3.53. The standard InChI is InChI=1S/C22H29NO/c1-17-15-24-16-21(23(17)20-8-6-5-7-9-20)14-18-10-12-19(13-11-18)22(2,3)4/h5-13,17,21H,14-16H2,1-4H3/t17-,21+/m0/s1. The Morgan fingerprint density at radius 1 is 0.958 bits per heavy atom. The van der Waals surface area contributed by atoms with Crippen molar-refractivity contribution in [3.8, 4) is 0 Å². The van der Waals surface area contributed by atoms with E-state index in [1.165, 1.54) is 16.8 Å². The van der Waals surface area contributed by atoms with Crippen molar-refractivity contribution in [1.29, 1.82) is 0 Å². The van der Waals surface area contributed by atoms with Gasteiger partial charge in [0.2, 0.25) is 0 Å². The topological polar surface area (TPSA) is 12.5 Å². The van der Waals surface area contributed by atoms with Crippen LogP contribution in [0.15, 0.2) is 54.6 Å². The second-order valence-electron chi connectivity index (χ2n) is 7.93. The molecule has 2 aromatic carbocycles. The van der Waals surface area contributed by atoms with Crippen LogP contribution in [0.5, 0.6) is 0 Å². The van der Waals surface area contributed by atoms with Crippen LogP contribution in [-0.2, 0) is 16.6 Å². The van der Waals surface area contributed by atoms with Gasteiger partial charge in [-0.3, -0.25) is 0 Å². The highest BCUT2D eigenvalue weighted by Crippen LogP contribution is 2.27. The number of hydrogen-bond acceptors (Lipinski definition) is 2. The Morgan fingerprint density at radius 2 is 1.62 bits per heavy atom. The van der Waals surface area contributed by atoms with Gasteiger partial charge < -0.3 is 9.64 Å². The van der Waals surface area contributed by atoms with Crippen LogP contribution in [0.2, 0.25) is 0 Å². The molecule has 128 valence electrons. The van der Waals surface area contributed by atoms with Crippen LogP contribution in [0, 0.1) is 0 Å². The zero-order chi connectivity index (χ0) is 17.2. The second-order valence-corrected chi connectivity index (χ2v) is 7.93. The van der Waals surface area contributed by atoms with Crippen molar-refractivity contribution < 1.29 is 4.74 Å². The van der Waals surface area contributed by atoms with Crippen LogP contribution in [0.1, 0.15) is 38.8 Å². The summed E-state index contributed by atoms with van der Waals surface area (Å²) >= 11 is 0. The largest absolute Gasteiger partial charge is 0.377 e. The van der Waals surface area contributed by atoms with E-state index >= 15 is 0 Å². The molecule has 0 aliphatic carbocycles. The van der Waals surface area contributed by atoms with E-state index in [1.54, 1.807) is 0 Å². The van der Waals surface area contributed by atoms with Crippen LogP contribution in [0.4, 0.5) is 5.69 Å². The van der Waals surface area contributed by atoms with Gasteiger partial charge in [0.1, 0.15) is 0 Å². The molecule has 3 rings (SSSR count). The molecule has 0 N–H and O–H groups in total. The smallest absolute Gasteiger partial charge is 0.0674 e. The average Bonchev–Trinajstić information content (AvgIpc) is 2.55. The molecule has 1 saturated heterocycles. The van der Waals surface area contributed by atoms with E-state index in [1.807, 2.05) is 0 Å². The third-order valence-electron chi connectivity index (χ3n) is 4.88. The number of hydrogen-bond donors (Lipinski definition) is 0. The van der Waals surface area contributed by atoms with Crippen LogP contribution in [-0.4, -0.2) is 25.3 Å². The molecule has 0 bridgehead atoms. The minimum atomic E-state index is 0.205. The molecule has 0 spiro atoms. The highest BCUT2D eigenvalue weighted by Gasteiger charge is 2.28. The first kappa shape index (κ1) is 17.0. The molecule has 1 heterocycles. The van der Waals surface area contributed by atoms with Crippen molar-refractivity contribution in [1.82, 2.24) is 0 Å². The molecule has 2 aromatic rings. The van der Waals surface area contributed by atoms with Gasteiger partial charge in [-0.15, -0.1) is 0 Å². The molecule has 1 fully saturated rings. The molecule has 2 nitrogen and oxygen atoms in total. The normalized spacial score (nSPS) is 21.8. The molecule has 0 saturated carbocycles. The summed E-state index contributed by atoms with van der Waals surface area (Å²) < 4.78 is 5.85. The molecular weight excluding hydrogens is 294 g/mol. The van der Waals surface area contributed by atoms with E-state index in [2.05, 4.69) is 87.2 Å². The predicted octanol–water partition coefficient (Wildman–Crippen LogP) is 4.82. The molecule has 0 unspecified atom stereocenters. The number of anilines is 1. The lowest BCUT2D eigenvalue weighted by Gasteiger charge is -2.42. The molecule has 2 atom stereocenters. The molecule has 0 amide bonds. The van der Waals surface area contributed by atoms with E-state index in [9.17, 15) is 0 Å². The maximum absolute atomic E-state index is 5.85.